The van der Waals surface area contributed by atoms with Gasteiger partial charge in [-0.25, -0.2) is 4.98 Å². The smallest absolute Gasteiger partial charge is 0.276 e. The summed E-state index contributed by atoms with van der Waals surface area (Å²) in [6, 6.07) is 0. The second-order valence-corrected chi connectivity index (χ2v) is 6.52. The Morgan fingerprint density at radius 1 is 1.42 bits per heavy atom. The molecule has 0 aliphatic carbocycles. The minimum absolute atomic E-state index is 0.00410. The number of carbonyl (C=O) groups excluding carboxylic acids is 1. The number of nitrogens with zero attached hydrogens (tertiary/aromatic N) is 5. The van der Waals surface area contributed by atoms with Gasteiger partial charge in [0.2, 0.25) is 0 Å². The molecule has 24 heavy (non-hydrogen) atoms. The topological polar surface area (TPSA) is 86.3 Å². The maximum absolute atomic E-state index is 12.9. The first-order valence-electron chi connectivity index (χ1n) is 8.06. The first-order valence-corrected chi connectivity index (χ1v) is 8.06. The van der Waals surface area contributed by atoms with E-state index in [9.17, 15) is 4.79 Å². The Morgan fingerprint density at radius 3 is 2.71 bits per heavy atom. The summed E-state index contributed by atoms with van der Waals surface area (Å²) in [6.07, 6.45) is 1.76. The lowest BCUT2D eigenvalue weighted by Crippen LogP contribution is -2.30. The molecule has 1 aliphatic rings. The summed E-state index contributed by atoms with van der Waals surface area (Å²) in [5, 5.41) is 8.14. The molecule has 0 saturated carbocycles. The Hall–Kier alpha value is -2.22. The molecular weight excluding hydrogens is 310 g/mol. The van der Waals surface area contributed by atoms with E-state index in [0.717, 1.165) is 5.69 Å². The molecule has 0 N–H and O–H groups in total. The fraction of sp³-hybridized carbons (Fsp3) is 0.625. The summed E-state index contributed by atoms with van der Waals surface area (Å²) in [5.41, 5.74) is 1.22. The van der Waals surface area contributed by atoms with Crippen LogP contribution in [0.2, 0.25) is 0 Å². The maximum Gasteiger partial charge on any atom is 0.276 e. The largest absolute Gasteiger partial charge is 0.445 e. The number of aromatic nitrogens is 4. The van der Waals surface area contributed by atoms with Crippen LogP contribution in [0.15, 0.2) is 10.6 Å². The number of carbonyl (C=O) groups is 1. The Bertz CT molecular complexity index is 736. The molecule has 0 radical (unpaired) electrons. The molecule has 0 bridgehead atoms. The van der Waals surface area contributed by atoms with Gasteiger partial charge in [-0.05, 0) is 6.92 Å². The molecule has 2 aromatic heterocycles. The summed E-state index contributed by atoms with van der Waals surface area (Å²) in [4.78, 5) is 19.0. The number of methoxy groups -OCH3 is 1. The van der Waals surface area contributed by atoms with Gasteiger partial charge in [-0.2, -0.15) is 0 Å². The summed E-state index contributed by atoms with van der Waals surface area (Å²) in [7, 11) is 3.47. The Morgan fingerprint density at radius 2 is 2.17 bits per heavy atom. The van der Waals surface area contributed by atoms with E-state index in [-0.39, 0.29) is 23.8 Å². The van der Waals surface area contributed by atoms with Gasteiger partial charge in [0.1, 0.15) is 5.76 Å². The third-order valence-corrected chi connectivity index (χ3v) is 4.37. The average Bonchev–Trinajstić information content (AvgIpc) is 3.23. The van der Waals surface area contributed by atoms with E-state index in [4.69, 9.17) is 9.15 Å². The molecule has 3 rings (SSSR count). The normalized spacial score (nSPS) is 21.0. The molecule has 1 saturated heterocycles. The van der Waals surface area contributed by atoms with Crippen LogP contribution in [0.4, 0.5) is 0 Å². The molecule has 3 heterocycles. The molecule has 1 aliphatic heterocycles. The van der Waals surface area contributed by atoms with Crippen molar-refractivity contribution >= 4 is 5.91 Å². The molecule has 2 atom stereocenters. The second kappa shape index (κ2) is 6.35. The molecular formula is C16H23N5O3. The number of aryl methyl sites for hydroxylation is 2. The molecule has 2 aromatic rings. The number of hydrogen-bond donors (Lipinski definition) is 0. The molecule has 1 fully saturated rings. The predicted octanol–water partition coefficient (Wildman–Crippen LogP) is 1.49. The number of ether oxygens (including phenoxy) is 1. The van der Waals surface area contributed by atoms with Crippen molar-refractivity contribution in [2.75, 3.05) is 20.2 Å². The van der Waals surface area contributed by atoms with E-state index in [1.54, 1.807) is 23.6 Å². The predicted molar refractivity (Wildman–Crippen MR) is 85.8 cm³/mol. The molecule has 8 nitrogen and oxygen atoms in total. The summed E-state index contributed by atoms with van der Waals surface area (Å²) in [6.45, 7) is 6.77. The SMILES string of the molecule is CO[C@@H]1CN(C(=O)c2nc(C(C)C)oc2C)C[C@H]1c1cn(C)nn1. The third kappa shape index (κ3) is 2.93. The number of amides is 1. The maximum atomic E-state index is 12.9. The highest BCUT2D eigenvalue weighted by Gasteiger charge is 2.39. The van der Waals surface area contributed by atoms with Crippen LogP contribution in [0.25, 0.3) is 0 Å². The van der Waals surface area contributed by atoms with Crippen molar-refractivity contribution in [1.82, 2.24) is 24.9 Å². The highest BCUT2D eigenvalue weighted by molar-refractivity contribution is 5.93. The van der Waals surface area contributed by atoms with E-state index >= 15 is 0 Å². The summed E-state index contributed by atoms with van der Waals surface area (Å²) >= 11 is 0. The van der Waals surface area contributed by atoms with Crippen LogP contribution in [-0.2, 0) is 11.8 Å². The van der Waals surface area contributed by atoms with Crippen LogP contribution in [0.1, 0.15) is 53.5 Å². The monoisotopic (exact) mass is 333 g/mol. The fourth-order valence-electron chi connectivity index (χ4n) is 3.01. The van der Waals surface area contributed by atoms with Crippen molar-refractivity contribution in [1.29, 1.82) is 0 Å². The van der Waals surface area contributed by atoms with Crippen molar-refractivity contribution < 1.29 is 13.9 Å². The molecule has 0 unspecified atom stereocenters. The van der Waals surface area contributed by atoms with Crippen molar-refractivity contribution in [3.8, 4) is 0 Å². The van der Waals surface area contributed by atoms with Gasteiger partial charge >= 0.3 is 0 Å². The number of rotatable bonds is 4. The lowest BCUT2D eigenvalue weighted by molar-refractivity contribution is 0.0708. The fourth-order valence-corrected chi connectivity index (χ4v) is 3.01. The first kappa shape index (κ1) is 16.6. The highest BCUT2D eigenvalue weighted by Crippen LogP contribution is 2.30. The van der Waals surface area contributed by atoms with Crippen LogP contribution in [0, 0.1) is 6.92 Å². The van der Waals surface area contributed by atoms with E-state index < -0.39 is 0 Å². The number of oxazole rings is 1. The minimum atomic E-state index is -0.128. The van der Waals surface area contributed by atoms with Crippen molar-refractivity contribution in [3.05, 3.63) is 29.2 Å². The summed E-state index contributed by atoms with van der Waals surface area (Å²) in [5.74, 6) is 1.16. The van der Waals surface area contributed by atoms with Gasteiger partial charge in [0.25, 0.3) is 5.91 Å². The highest BCUT2D eigenvalue weighted by atomic mass is 16.5. The zero-order valence-electron chi connectivity index (χ0n) is 14.7. The lowest BCUT2D eigenvalue weighted by atomic mass is 10.0. The molecule has 0 aromatic carbocycles. The van der Waals surface area contributed by atoms with Gasteiger partial charge in [-0.1, -0.05) is 19.1 Å². The van der Waals surface area contributed by atoms with Crippen molar-refractivity contribution in [3.63, 3.8) is 0 Å². The van der Waals surface area contributed by atoms with Gasteiger partial charge < -0.3 is 14.1 Å². The van der Waals surface area contributed by atoms with Gasteiger partial charge in [0.15, 0.2) is 11.6 Å². The van der Waals surface area contributed by atoms with Crippen molar-refractivity contribution in [2.45, 2.75) is 38.7 Å². The Labute approximate surface area is 140 Å². The van der Waals surface area contributed by atoms with Crippen LogP contribution in [-0.4, -0.2) is 57.1 Å². The van der Waals surface area contributed by atoms with E-state index in [1.807, 2.05) is 27.1 Å². The quantitative estimate of drug-likeness (QED) is 0.842. The van der Waals surface area contributed by atoms with Crippen molar-refractivity contribution in [2.24, 2.45) is 7.05 Å². The van der Waals surface area contributed by atoms with Crippen LogP contribution < -0.4 is 0 Å². The minimum Gasteiger partial charge on any atom is -0.445 e. The first-order chi connectivity index (χ1) is 11.4. The summed E-state index contributed by atoms with van der Waals surface area (Å²) < 4.78 is 12.8. The molecule has 8 heteroatoms. The van der Waals surface area contributed by atoms with Crippen LogP contribution in [0.3, 0.4) is 0 Å². The van der Waals surface area contributed by atoms with E-state index in [1.165, 1.54) is 0 Å². The zero-order chi connectivity index (χ0) is 17.4. The van der Waals surface area contributed by atoms with E-state index in [0.29, 0.717) is 30.4 Å². The molecule has 130 valence electrons. The third-order valence-electron chi connectivity index (χ3n) is 4.37. The Kier molecular flexibility index (Phi) is 4.40. The Balaban J connectivity index is 1.81. The second-order valence-electron chi connectivity index (χ2n) is 6.52. The lowest BCUT2D eigenvalue weighted by Gasteiger charge is -2.14. The standard InChI is InChI=1S/C16H23N5O3/c1-9(2)15-17-14(10(3)24-15)16(22)21-6-11(13(8-21)23-5)12-7-20(4)19-18-12/h7,9,11,13H,6,8H2,1-5H3/t11-,13+/m0/s1. The number of likely N-dealkylation sites (tertiary alicyclic amines) is 1. The molecule has 1 amide bonds. The van der Waals surface area contributed by atoms with Crippen LogP contribution >= 0.6 is 0 Å². The molecule has 0 spiro atoms. The van der Waals surface area contributed by atoms with Gasteiger partial charge in [-0.3, -0.25) is 9.48 Å². The van der Waals surface area contributed by atoms with Crippen LogP contribution in [0.5, 0.6) is 0 Å². The van der Waals surface area contributed by atoms with Gasteiger partial charge in [0.05, 0.1) is 17.7 Å². The zero-order valence-corrected chi connectivity index (χ0v) is 14.7. The van der Waals surface area contributed by atoms with E-state index in [2.05, 4.69) is 15.3 Å². The number of hydrogen-bond acceptors (Lipinski definition) is 6. The van der Waals surface area contributed by atoms with Gasteiger partial charge in [-0.15, -0.1) is 5.10 Å². The average molecular weight is 333 g/mol. The van der Waals surface area contributed by atoms with Gasteiger partial charge in [0, 0.05) is 39.4 Å².